The standard InChI is InChI=1S/C21H22N4O/c26-21(22-14-16-8-2-1-3-9-16)24-18-11-5-4-10-17(18)19-15-25-13-7-6-12-20(25)23-19/h1-5,8-11,15H,6-7,12-14H2,(H2,22,24,26). The maximum Gasteiger partial charge on any atom is 0.319 e. The third-order valence-electron chi connectivity index (χ3n) is 4.66. The number of nitrogens with zero attached hydrogens (tertiary/aromatic N) is 2. The fourth-order valence-corrected chi connectivity index (χ4v) is 3.30. The molecule has 1 aromatic heterocycles. The first-order chi connectivity index (χ1) is 12.8. The van der Waals surface area contributed by atoms with Crippen molar-refractivity contribution in [2.45, 2.75) is 32.4 Å². The molecule has 1 aliphatic heterocycles. The first-order valence-corrected chi connectivity index (χ1v) is 9.04. The summed E-state index contributed by atoms with van der Waals surface area (Å²) >= 11 is 0. The van der Waals surface area contributed by atoms with Gasteiger partial charge in [0, 0.05) is 31.3 Å². The first-order valence-electron chi connectivity index (χ1n) is 9.04. The molecule has 0 spiro atoms. The van der Waals surface area contributed by atoms with E-state index in [1.165, 1.54) is 12.8 Å². The van der Waals surface area contributed by atoms with Gasteiger partial charge in [-0.3, -0.25) is 0 Å². The summed E-state index contributed by atoms with van der Waals surface area (Å²) in [5.74, 6) is 1.13. The van der Waals surface area contributed by atoms with Crippen molar-refractivity contribution >= 4 is 11.7 Å². The van der Waals surface area contributed by atoms with Crippen molar-refractivity contribution in [3.63, 3.8) is 0 Å². The van der Waals surface area contributed by atoms with E-state index in [9.17, 15) is 4.79 Å². The van der Waals surface area contributed by atoms with Gasteiger partial charge in [-0.2, -0.15) is 0 Å². The third kappa shape index (κ3) is 3.61. The van der Waals surface area contributed by atoms with Crippen LogP contribution >= 0.6 is 0 Å². The number of imidazole rings is 1. The number of anilines is 1. The maximum absolute atomic E-state index is 12.3. The monoisotopic (exact) mass is 346 g/mol. The lowest BCUT2D eigenvalue weighted by molar-refractivity contribution is 0.252. The van der Waals surface area contributed by atoms with Gasteiger partial charge in [-0.15, -0.1) is 0 Å². The zero-order valence-electron chi connectivity index (χ0n) is 14.6. The Hall–Kier alpha value is -3.08. The zero-order chi connectivity index (χ0) is 17.8. The molecule has 0 unspecified atom stereocenters. The van der Waals surface area contributed by atoms with Crippen LogP contribution in [0.15, 0.2) is 60.8 Å². The summed E-state index contributed by atoms with van der Waals surface area (Å²) in [4.78, 5) is 17.1. The van der Waals surface area contributed by atoms with Crippen LogP contribution in [0.3, 0.4) is 0 Å². The molecular weight excluding hydrogens is 324 g/mol. The second-order valence-electron chi connectivity index (χ2n) is 6.53. The number of aryl methyl sites for hydroxylation is 2. The number of rotatable bonds is 4. The molecule has 1 aliphatic rings. The van der Waals surface area contributed by atoms with E-state index >= 15 is 0 Å². The molecule has 2 N–H and O–H groups in total. The lowest BCUT2D eigenvalue weighted by Crippen LogP contribution is -2.28. The molecule has 0 atom stereocenters. The average molecular weight is 346 g/mol. The highest BCUT2D eigenvalue weighted by atomic mass is 16.2. The number of hydrogen-bond acceptors (Lipinski definition) is 2. The molecule has 0 fully saturated rings. The summed E-state index contributed by atoms with van der Waals surface area (Å²) in [7, 11) is 0. The van der Waals surface area contributed by atoms with Crippen molar-refractivity contribution in [3.8, 4) is 11.3 Å². The second kappa shape index (κ2) is 7.44. The summed E-state index contributed by atoms with van der Waals surface area (Å²) in [6, 6.07) is 17.5. The van der Waals surface area contributed by atoms with Crippen LogP contribution < -0.4 is 10.6 Å². The number of fused-ring (bicyclic) bond motifs is 1. The number of benzene rings is 2. The van der Waals surface area contributed by atoms with Crippen LogP contribution in [0.25, 0.3) is 11.3 Å². The smallest absolute Gasteiger partial charge is 0.319 e. The first kappa shape index (κ1) is 16.4. The lowest BCUT2D eigenvalue weighted by atomic mass is 10.1. The van der Waals surface area contributed by atoms with Crippen molar-refractivity contribution in [2.24, 2.45) is 0 Å². The minimum absolute atomic E-state index is 0.217. The summed E-state index contributed by atoms with van der Waals surface area (Å²) in [6.45, 7) is 1.52. The molecule has 4 rings (SSSR count). The summed E-state index contributed by atoms with van der Waals surface area (Å²) < 4.78 is 2.23. The van der Waals surface area contributed by atoms with Crippen molar-refractivity contribution in [2.75, 3.05) is 5.32 Å². The highest BCUT2D eigenvalue weighted by Gasteiger charge is 2.15. The van der Waals surface area contributed by atoms with Crippen molar-refractivity contribution < 1.29 is 4.79 Å². The SMILES string of the molecule is O=C(NCc1ccccc1)Nc1ccccc1-c1cn2c(n1)CCCC2. The molecule has 5 heteroatoms. The second-order valence-corrected chi connectivity index (χ2v) is 6.53. The van der Waals surface area contributed by atoms with Crippen LogP contribution in [0, 0.1) is 0 Å². The Balaban J connectivity index is 1.49. The van der Waals surface area contributed by atoms with Gasteiger partial charge >= 0.3 is 6.03 Å². The molecule has 132 valence electrons. The number of carbonyl (C=O) groups excluding carboxylic acids is 1. The fraction of sp³-hybridized carbons (Fsp3) is 0.238. The van der Waals surface area contributed by atoms with Gasteiger partial charge in [0.05, 0.1) is 11.4 Å². The minimum Gasteiger partial charge on any atom is -0.334 e. The van der Waals surface area contributed by atoms with Crippen LogP contribution in [0.2, 0.25) is 0 Å². The number of hydrogen-bond donors (Lipinski definition) is 2. The Morgan fingerprint density at radius 2 is 1.85 bits per heavy atom. The Kier molecular flexibility index (Phi) is 4.69. The van der Waals surface area contributed by atoms with Gasteiger partial charge in [-0.25, -0.2) is 9.78 Å². The van der Waals surface area contributed by atoms with E-state index in [0.29, 0.717) is 6.54 Å². The fourth-order valence-electron chi connectivity index (χ4n) is 3.30. The van der Waals surface area contributed by atoms with E-state index in [-0.39, 0.29) is 6.03 Å². The van der Waals surface area contributed by atoms with E-state index in [1.54, 1.807) is 0 Å². The minimum atomic E-state index is -0.217. The van der Waals surface area contributed by atoms with Crippen molar-refractivity contribution in [1.29, 1.82) is 0 Å². The van der Waals surface area contributed by atoms with Gasteiger partial charge in [-0.1, -0.05) is 48.5 Å². The van der Waals surface area contributed by atoms with E-state index < -0.39 is 0 Å². The normalized spacial score (nSPS) is 13.1. The highest BCUT2D eigenvalue weighted by molar-refractivity contribution is 5.93. The Labute approximate surface area is 153 Å². The van der Waals surface area contributed by atoms with Crippen LogP contribution in [0.4, 0.5) is 10.5 Å². The largest absolute Gasteiger partial charge is 0.334 e. The number of amides is 2. The third-order valence-corrected chi connectivity index (χ3v) is 4.66. The number of nitrogens with one attached hydrogen (secondary N) is 2. The van der Waals surface area contributed by atoms with Crippen molar-refractivity contribution in [3.05, 3.63) is 72.2 Å². The molecule has 0 radical (unpaired) electrons. The molecular formula is C21H22N4O. The summed E-state index contributed by atoms with van der Waals surface area (Å²) in [6.07, 6.45) is 5.51. The number of aromatic nitrogens is 2. The van der Waals surface area contributed by atoms with Gasteiger partial charge in [-0.05, 0) is 24.5 Å². The van der Waals surface area contributed by atoms with E-state index in [1.807, 2.05) is 54.6 Å². The van der Waals surface area contributed by atoms with Crippen LogP contribution in [0.1, 0.15) is 24.2 Å². The predicted octanol–water partition coefficient (Wildman–Crippen LogP) is 4.21. The molecule has 0 saturated carbocycles. The molecule has 2 aromatic carbocycles. The van der Waals surface area contributed by atoms with E-state index in [4.69, 9.17) is 4.98 Å². The number of urea groups is 1. The average Bonchev–Trinajstić information content (AvgIpc) is 3.12. The van der Waals surface area contributed by atoms with Crippen LogP contribution in [0.5, 0.6) is 0 Å². The van der Waals surface area contributed by atoms with E-state index in [2.05, 4.69) is 21.4 Å². The number of carbonyl (C=O) groups is 1. The molecule has 26 heavy (non-hydrogen) atoms. The van der Waals surface area contributed by atoms with Gasteiger partial charge < -0.3 is 15.2 Å². The van der Waals surface area contributed by atoms with Crippen LogP contribution in [-0.2, 0) is 19.5 Å². The Morgan fingerprint density at radius 1 is 1.04 bits per heavy atom. The number of para-hydroxylation sites is 1. The maximum atomic E-state index is 12.3. The van der Waals surface area contributed by atoms with Crippen molar-refractivity contribution in [1.82, 2.24) is 14.9 Å². The molecule has 0 saturated heterocycles. The topological polar surface area (TPSA) is 59.0 Å². The Bertz CT molecular complexity index is 878. The van der Waals surface area contributed by atoms with Gasteiger partial charge in [0.1, 0.15) is 5.82 Å². The summed E-state index contributed by atoms with van der Waals surface area (Å²) in [5.41, 5.74) is 3.70. The van der Waals surface area contributed by atoms with E-state index in [0.717, 1.165) is 41.3 Å². The van der Waals surface area contributed by atoms with Crippen LogP contribution in [-0.4, -0.2) is 15.6 Å². The predicted molar refractivity (Wildman–Crippen MR) is 103 cm³/mol. The van der Waals surface area contributed by atoms with Gasteiger partial charge in [0.25, 0.3) is 0 Å². The lowest BCUT2D eigenvalue weighted by Gasteiger charge is -2.11. The molecule has 0 aliphatic carbocycles. The zero-order valence-corrected chi connectivity index (χ0v) is 14.6. The van der Waals surface area contributed by atoms with Gasteiger partial charge in [0.15, 0.2) is 0 Å². The molecule has 0 bridgehead atoms. The molecule has 2 amide bonds. The highest BCUT2D eigenvalue weighted by Crippen LogP contribution is 2.28. The summed E-state index contributed by atoms with van der Waals surface area (Å²) in [5, 5.41) is 5.86. The quantitative estimate of drug-likeness (QED) is 0.743. The molecule has 5 nitrogen and oxygen atoms in total. The Morgan fingerprint density at radius 3 is 2.69 bits per heavy atom. The molecule has 2 heterocycles. The van der Waals surface area contributed by atoms with Gasteiger partial charge in [0.2, 0.25) is 0 Å². The molecule has 3 aromatic rings.